The summed E-state index contributed by atoms with van der Waals surface area (Å²) in [6.07, 6.45) is 3.14. The van der Waals surface area contributed by atoms with E-state index in [1.807, 2.05) is 19.1 Å². The van der Waals surface area contributed by atoms with Crippen molar-refractivity contribution < 1.29 is 14.7 Å². The molecule has 0 aromatic carbocycles. The Bertz CT molecular complexity index is 474. The zero-order chi connectivity index (χ0) is 13.8. The van der Waals surface area contributed by atoms with Crippen molar-refractivity contribution in [1.29, 1.82) is 0 Å². The van der Waals surface area contributed by atoms with Crippen molar-refractivity contribution in [2.45, 2.75) is 20.8 Å². The predicted molar refractivity (Wildman–Crippen MR) is 72.5 cm³/mol. The van der Waals surface area contributed by atoms with Gasteiger partial charge in [-0.2, -0.15) is 0 Å². The summed E-state index contributed by atoms with van der Waals surface area (Å²) in [7, 11) is 0. The van der Waals surface area contributed by atoms with Crippen LogP contribution >= 0.6 is 11.3 Å². The molecule has 0 spiro atoms. The number of hydrogen-bond donors (Lipinski definition) is 2. The first-order valence-electron chi connectivity index (χ1n) is 5.57. The summed E-state index contributed by atoms with van der Waals surface area (Å²) < 4.78 is 0. The van der Waals surface area contributed by atoms with E-state index in [0.717, 1.165) is 4.88 Å². The molecule has 1 aromatic heterocycles. The molecular formula is C13H17NO3S. The summed E-state index contributed by atoms with van der Waals surface area (Å²) >= 11 is 1.60. The van der Waals surface area contributed by atoms with E-state index in [-0.39, 0.29) is 12.5 Å². The maximum atomic E-state index is 11.5. The molecule has 0 radical (unpaired) electrons. The van der Waals surface area contributed by atoms with Crippen LogP contribution in [0.2, 0.25) is 0 Å². The highest BCUT2D eigenvalue weighted by Gasteiger charge is 2.27. The molecule has 1 amide bonds. The molecule has 0 aliphatic heterocycles. The van der Waals surface area contributed by atoms with Crippen molar-refractivity contribution in [3.8, 4) is 0 Å². The highest BCUT2D eigenvalue weighted by Crippen LogP contribution is 2.16. The number of nitrogens with one attached hydrogen (secondary N) is 1. The van der Waals surface area contributed by atoms with E-state index in [0.29, 0.717) is 0 Å². The van der Waals surface area contributed by atoms with E-state index in [4.69, 9.17) is 5.11 Å². The molecule has 0 saturated heterocycles. The molecule has 0 aliphatic carbocycles. The first kappa shape index (κ1) is 14.4. The van der Waals surface area contributed by atoms with Crippen molar-refractivity contribution in [3.05, 3.63) is 28.0 Å². The number of aryl methyl sites for hydroxylation is 1. The van der Waals surface area contributed by atoms with Crippen LogP contribution in [0, 0.1) is 12.3 Å². The first-order valence-corrected chi connectivity index (χ1v) is 6.39. The van der Waals surface area contributed by atoms with Gasteiger partial charge in [-0.05, 0) is 39.0 Å². The lowest BCUT2D eigenvalue weighted by molar-refractivity contribution is -0.146. The summed E-state index contributed by atoms with van der Waals surface area (Å²) in [4.78, 5) is 24.5. The van der Waals surface area contributed by atoms with Crippen molar-refractivity contribution in [2.24, 2.45) is 5.41 Å². The minimum absolute atomic E-state index is 0.106. The molecule has 2 N–H and O–H groups in total. The van der Waals surface area contributed by atoms with Gasteiger partial charge < -0.3 is 10.4 Å². The second-order valence-corrected chi connectivity index (χ2v) is 6.01. The van der Waals surface area contributed by atoms with Crippen molar-refractivity contribution in [3.63, 3.8) is 0 Å². The number of rotatable bonds is 5. The lowest BCUT2D eigenvalue weighted by Crippen LogP contribution is -2.38. The zero-order valence-electron chi connectivity index (χ0n) is 10.7. The summed E-state index contributed by atoms with van der Waals surface area (Å²) in [5.41, 5.74) is -0.955. The maximum Gasteiger partial charge on any atom is 0.310 e. The second-order valence-electron chi connectivity index (χ2n) is 4.69. The zero-order valence-corrected chi connectivity index (χ0v) is 11.5. The summed E-state index contributed by atoms with van der Waals surface area (Å²) in [5.74, 6) is -1.21. The van der Waals surface area contributed by atoms with Crippen LogP contribution in [0.4, 0.5) is 0 Å². The molecule has 0 unspecified atom stereocenters. The number of hydrogen-bond acceptors (Lipinski definition) is 3. The van der Waals surface area contributed by atoms with Gasteiger partial charge in [-0.25, -0.2) is 0 Å². The third-order valence-electron chi connectivity index (χ3n) is 2.44. The summed E-state index contributed by atoms with van der Waals surface area (Å²) in [6, 6.07) is 3.92. The van der Waals surface area contributed by atoms with Crippen LogP contribution in [0.5, 0.6) is 0 Å². The fraction of sp³-hybridized carbons (Fsp3) is 0.385. The van der Waals surface area contributed by atoms with Gasteiger partial charge in [0, 0.05) is 22.4 Å². The topological polar surface area (TPSA) is 66.4 Å². The number of carboxylic acids is 1. The molecule has 0 saturated carbocycles. The van der Waals surface area contributed by atoms with Crippen LogP contribution in [0.3, 0.4) is 0 Å². The predicted octanol–water partition coefficient (Wildman–Crippen LogP) is 2.30. The number of aliphatic carboxylic acids is 1. The Morgan fingerprint density at radius 3 is 2.61 bits per heavy atom. The molecule has 18 heavy (non-hydrogen) atoms. The lowest BCUT2D eigenvalue weighted by atomic mass is 9.94. The normalized spacial score (nSPS) is 11.7. The van der Waals surface area contributed by atoms with Crippen LogP contribution in [-0.4, -0.2) is 23.5 Å². The molecule has 1 aromatic rings. The average molecular weight is 267 g/mol. The Balaban J connectivity index is 2.48. The smallest absolute Gasteiger partial charge is 0.310 e. The fourth-order valence-corrected chi connectivity index (χ4v) is 1.92. The minimum Gasteiger partial charge on any atom is -0.481 e. The molecule has 4 nitrogen and oxygen atoms in total. The monoisotopic (exact) mass is 267 g/mol. The minimum atomic E-state index is -0.955. The van der Waals surface area contributed by atoms with Crippen LogP contribution in [-0.2, 0) is 9.59 Å². The van der Waals surface area contributed by atoms with Gasteiger partial charge in [-0.3, -0.25) is 9.59 Å². The first-order chi connectivity index (χ1) is 8.31. The summed E-state index contributed by atoms with van der Waals surface area (Å²) in [6.45, 7) is 5.25. The van der Waals surface area contributed by atoms with Gasteiger partial charge in [0.15, 0.2) is 0 Å². The highest BCUT2D eigenvalue weighted by atomic mass is 32.1. The van der Waals surface area contributed by atoms with E-state index in [2.05, 4.69) is 5.32 Å². The van der Waals surface area contributed by atoms with Gasteiger partial charge in [-0.1, -0.05) is 0 Å². The van der Waals surface area contributed by atoms with Gasteiger partial charge >= 0.3 is 5.97 Å². The van der Waals surface area contributed by atoms with Gasteiger partial charge in [0.25, 0.3) is 0 Å². The molecule has 98 valence electrons. The third kappa shape index (κ3) is 4.33. The van der Waals surface area contributed by atoms with Crippen LogP contribution in [0.1, 0.15) is 23.6 Å². The van der Waals surface area contributed by atoms with E-state index in [9.17, 15) is 9.59 Å². The van der Waals surface area contributed by atoms with Crippen molar-refractivity contribution in [1.82, 2.24) is 5.32 Å². The molecule has 0 aliphatic rings. The Labute approximate surface area is 110 Å². The lowest BCUT2D eigenvalue weighted by Gasteiger charge is -2.18. The molecule has 0 fully saturated rings. The number of carbonyl (C=O) groups is 2. The summed E-state index contributed by atoms with van der Waals surface area (Å²) in [5, 5.41) is 11.5. The maximum absolute atomic E-state index is 11.5. The molecule has 0 bridgehead atoms. The Hall–Kier alpha value is -1.62. The molecular weight excluding hydrogens is 250 g/mol. The quantitative estimate of drug-likeness (QED) is 0.804. The Morgan fingerprint density at radius 2 is 2.11 bits per heavy atom. The highest BCUT2D eigenvalue weighted by molar-refractivity contribution is 7.12. The van der Waals surface area contributed by atoms with Crippen LogP contribution in [0.15, 0.2) is 18.2 Å². The second kappa shape index (κ2) is 5.82. The Kier molecular flexibility index (Phi) is 4.67. The van der Waals surface area contributed by atoms with Crippen LogP contribution in [0.25, 0.3) is 6.08 Å². The SMILES string of the molecule is Cc1ccc(/C=C/C(=O)NCC(C)(C)C(=O)O)s1. The standard InChI is InChI=1S/C13H17NO3S/c1-9-4-5-10(18-9)6-7-11(15)14-8-13(2,3)12(16)17/h4-7H,8H2,1-3H3,(H,14,15)(H,16,17)/b7-6+. The molecule has 0 atom stereocenters. The van der Waals surface area contributed by atoms with Crippen molar-refractivity contribution >= 4 is 29.3 Å². The molecule has 5 heteroatoms. The van der Waals surface area contributed by atoms with Crippen molar-refractivity contribution in [2.75, 3.05) is 6.54 Å². The number of thiophene rings is 1. The van der Waals surface area contributed by atoms with Gasteiger partial charge in [0.1, 0.15) is 0 Å². The number of amides is 1. The van der Waals surface area contributed by atoms with E-state index < -0.39 is 11.4 Å². The largest absolute Gasteiger partial charge is 0.481 e. The fourth-order valence-electron chi connectivity index (χ4n) is 1.14. The Morgan fingerprint density at radius 1 is 1.44 bits per heavy atom. The van der Waals surface area contributed by atoms with E-state index in [1.54, 1.807) is 31.3 Å². The third-order valence-corrected chi connectivity index (χ3v) is 3.41. The average Bonchev–Trinajstić information content (AvgIpc) is 2.69. The van der Waals surface area contributed by atoms with E-state index >= 15 is 0 Å². The van der Waals surface area contributed by atoms with Gasteiger partial charge in [0.05, 0.1) is 5.41 Å². The molecule has 1 rings (SSSR count). The number of carboxylic acid groups (broad SMARTS) is 1. The number of carbonyl (C=O) groups excluding carboxylic acids is 1. The molecule has 1 heterocycles. The van der Waals surface area contributed by atoms with Crippen LogP contribution < -0.4 is 5.32 Å². The van der Waals surface area contributed by atoms with Gasteiger partial charge in [0.2, 0.25) is 5.91 Å². The van der Waals surface area contributed by atoms with Gasteiger partial charge in [-0.15, -0.1) is 11.3 Å². The van der Waals surface area contributed by atoms with E-state index in [1.165, 1.54) is 11.0 Å².